The van der Waals surface area contributed by atoms with E-state index in [-0.39, 0.29) is 11.4 Å². The van der Waals surface area contributed by atoms with Gasteiger partial charge in [-0.1, -0.05) is 0 Å². The second-order valence-electron chi connectivity index (χ2n) is 5.61. The average Bonchev–Trinajstić information content (AvgIpc) is 2.35. The number of alkyl halides is 2. The molecule has 0 saturated carbocycles. The van der Waals surface area contributed by atoms with Crippen LogP contribution in [0.3, 0.4) is 0 Å². The molecule has 0 aliphatic rings. The zero-order valence-corrected chi connectivity index (χ0v) is 13.5. The maximum Gasteiger partial charge on any atom is 0.409 e. The third kappa shape index (κ3) is 4.79. The van der Waals surface area contributed by atoms with Crippen LogP contribution in [0.4, 0.5) is 19.3 Å². The normalized spacial score (nSPS) is 14.7. The Hall–Kier alpha value is -1.45. The van der Waals surface area contributed by atoms with Crippen molar-refractivity contribution in [3.8, 4) is 0 Å². The van der Waals surface area contributed by atoms with Crippen molar-refractivity contribution in [1.82, 2.24) is 9.71 Å². The zero-order chi connectivity index (χ0) is 17.1. The van der Waals surface area contributed by atoms with Gasteiger partial charge in [0.15, 0.2) is 0 Å². The number of nitrogens with zero attached hydrogens (tertiary/aromatic N) is 1. The molecule has 1 amide bonds. The molecule has 0 radical (unpaired) electrons. The molecule has 0 aromatic carbocycles. The van der Waals surface area contributed by atoms with Crippen molar-refractivity contribution in [2.45, 2.75) is 44.9 Å². The van der Waals surface area contributed by atoms with Crippen LogP contribution in [0.15, 0.2) is 12.3 Å². The number of amides is 1. The highest BCUT2D eigenvalue weighted by atomic mass is 32.2. The summed E-state index contributed by atoms with van der Waals surface area (Å²) in [4.78, 5) is 14.6. The van der Waals surface area contributed by atoms with Crippen LogP contribution in [0.25, 0.3) is 0 Å². The van der Waals surface area contributed by atoms with Crippen LogP contribution >= 0.6 is 0 Å². The van der Waals surface area contributed by atoms with E-state index in [1.54, 1.807) is 27.7 Å². The first-order valence-electron chi connectivity index (χ1n) is 6.49. The summed E-state index contributed by atoms with van der Waals surface area (Å²) in [6, 6.07) is 0.423. The van der Waals surface area contributed by atoms with E-state index in [1.807, 2.05) is 5.32 Å². The monoisotopic (exact) mass is 335 g/mol. The van der Waals surface area contributed by atoms with E-state index < -0.39 is 40.2 Å². The fraction of sp³-hybridized carbons (Fsp3) is 0.538. The van der Waals surface area contributed by atoms with Crippen molar-refractivity contribution in [3.63, 3.8) is 0 Å². The number of rotatable bonds is 5. The Morgan fingerprint density at radius 3 is 2.50 bits per heavy atom. The summed E-state index contributed by atoms with van der Waals surface area (Å²) in [6.45, 7) is 6.77. The summed E-state index contributed by atoms with van der Waals surface area (Å²) in [6.07, 6.45) is -3.14. The molecule has 0 bridgehead atoms. The second kappa shape index (κ2) is 7.21. The largest absolute Gasteiger partial charge is 0.598 e. The van der Waals surface area contributed by atoms with Crippen LogP contribution in [0, 0.1) is 0 Å². The van der Waals surface area contributed by atoms with Crippen LogP contribution < -0.4 is 10.0 Å². The highest BCUT2D eigenvalue weighted by Gasteiger charge is 2.31. The lowest BCUT2D eigenvalue weighted by Crippen LogP contribution is -2.41. The third-order valence-corrected chi connectivity index (χ3v) is 4.41. The van der Waals surface area contributed by atoms with Gasteiger partial charge in [-0.05, 0) is 33.8 Å². The van der Waals surface area contributed by atoms with Gasteiger partial charge in [-0.15, -0.1) is 4.72 Å². The van der Waals surface area contributed by atoms with Crippen LogP contribution in [0.1, 0.15) is 51.4 Å². The Labute approximate surface area is 130 Å². The SMILES string of the molecule is C[C@@H](N[S+]([O-])C(C)(C)C)c1nccc(NC(=O)O)c1C(F)F. The Bertz CT molecular complexity index is 538. The zero-order valence-electron chi connectivity index (χ0n) is 12.7. The minimum absolute atomic E-state index is 0.0427. The summed E-state index contributed by atoms with van der Waals surface area (Å²) < 4.78 is 40.8. The van der Waals surface area contributed by atoms with Gasteiger partial charge in [0.05, 0.1) is 23.0 Å². The van der Waals surface area contributed by atoms with Crippen molar-refractivity contribution >= 4 is 23.1 Å². The summed E-state index contributed by atoms with van der Waals surface area (Å²) in [5.41, 5.74) is -0.794. The summed E-state index contributed by atoms with van der Waals surface area (Å²) in [5.74, 6) is 0. The van der Waals surface area contributed by atoms with E-state index >= 15 is 0 Å². The van der Waals surface area contributed by atoms with Gasteiger partial charge in [0.1, 0.15) is 4.75 Å². The van der Waals surface area contributed by atoms with E-state index in [9.17, 15) is 18.1 Å². The number of pyridine rings is 1. The van der Waals surface area contributed by atoms with Gasteiger partial charge in [0.25, 0.3) is 6.43 Å². The fourth-order valence-corrected chi connectivity index (χ4v) is 2.47. The maximum absolute atomic E-state index is 13.3. The molecule has 9 heteroatoms. The van der Waals surface area contributed by atoms with Crippen LogP contribution in [0.2, 0.25) is 0 Å². The standard InChI is InChI=1S/C13H19F2N3O3S/c1-7(18-22(21)13(2,3)4)10-9(11(14)15)8(5-6-16-10)17-12(19)20/h5-7,11,18H,1-4H3,(H,16,17)(H,19,20)/t7-,22?/m1/s1. The van der Waals surface area contributed by atoms with E-state index in [0.29, 0.717) is 0 Å². The predicted octanol–water partition coefficient (Wildman–Crippen LogP) is 3.22. The van der Waals surface area contributed by atoms with Gasteiger partial charge in [0.2, 0.25) is 0 Å². The fourth-order valence-electron chi connectivity index (χ4n) is 1.68. The van der Waals surface area contributed by atoms with Gasteiger partial charge < -0.3 is 9.66 Å². The van der Waals surface area contributed by atoms with Gasteiger partial charge in [-0.2, -0.15) is 0 Å². The molecule has 0 aliphatic carbocycles. The van der Waals surface area contributed by atoms with Crippen LogP contribution in [-0.2, 0) is 11.4 Å². The van der Waals surface area contributed by atoms with E-state index in [1.165, 1.54) is 6.20 Å². The average molecular weight is 335 g/mol. The molecule has 1 rings (SSSR count). The third-order valence-electron chi connectivity index (χ3n) is 2.73. The highest BCUT2D eigenvalue weighted by Crippen LogP contribution is 2.33. The molecule has 0 aliphatic heterocycles. The number of aromatic nitrogens is 1. The number of hydrogen-bond donors (Lipinski definition) is 3. The quantitative estimate of drug-likeness (QED) is 0.718. The molecule has 124 valence electrons. The Morgan fingerprint density at radius 2 is 2.05 bits per heavy atom. The topological polar surface area (TPSA) is 97.3 Å². The first kappa shape index (κ1) is 18.6. The van der Waals surface area contributed by atoms with Gasteiger partial charge in [-0.25, -0.2) is 13.6 Å². The molecule has 3 N–H and O–H groups in total. The van der Waals surface area contributed by atoms with Crippen molar-refractivity contribution in [1.29, 1.82) is 0 Å². The predicted molar refractivity (Wildman–Crippen MR) is 80.3 cm³/mol. The molecule has 0 spiro atoms. The summed E-state index contributed by atoms with van der Waals surface area (Å²) >= 11 is -1.48. The van der Waals surface area contributed by atoms with E-state index in [0.717, 1.165) is 6.07 Å². The molecular weight excluding hydrogens is 316 g/mol. The molecule has 0 fully saturated rings. The first-order chi connectivity index (χ1) is 10.0. The van der Waals surface area contributed by atoms with E-state index in [4.69, 9.17) is 5.11 Å². The van der Waals surface area contributed by atoms with Crippen molar-refractivity contribution in [2.75, 3.05) is 5.32 Å². The van der Waals surface area contributed by atoms with Crippen LogP contribution in [0.5, 0.6) is 0 Å². The molecule has 0 saturated heterocycles. The Morgan fingerprint density at radius 1 is 1.45 bits per heavy atom. The Kier molecular flexibility index (Phi) is 6.09. The number of nitrogens with one attached hydrogen (secondary N) is 2. The van der Waals surface area contributed by atoms with Gasteiger partial charge in [0, 0.05) is 17.6 Å². The van der Waals surface area contributed by atoms with Crippen LogP contribution in [-0.4, -0.2) is 25.5 Å². The smallest absolute Gasteiger partial charge is 0.409 e. The molecule has 22 heavy (non-hydrogen) atoms. The number of carboxylic acid groups (broad SMARTS) is 1. The number of anilines is 1. The molecule has 1 heterocycles. The van der Waals surface area contributed by atoms with Crippen molar-refractivity contribution < 1.29 is 23.2 Å². The first-order valence-corrected chi connectivity index (χ1v) is 7.64. The molecule has 1 aromatic rings. The summed E-state index contributed by atoms with van der Waals surface area (Å²) in [7, 11) is 0. The second-order valence-corrected chi connectivity index (χ2v) is 7.61. The van der Waals surface area contributed by atoms with Crippen molar-refractivity contribution in [3.05, 3.63) is 23.5 Å². The van der Waals surface area contributed by atoms with E-state index in [2.05, 4.69) is 9.71 Å². The molecular formula is C13H19F2N3O3S. The molecule has 1 aromatic heterocycles. The molecule has 2 atom stereocenters. The molecule has 6 nitrogen and oxygen atoms in total. The lowest BCUT2D eigenvalue weighted by Gasteiger charge is -2.27. The minimum Gasteiger partial charge on any atom is -0.598 e. The van der Waals surface area contributed by atoms with Gasteiger partial charge in [-0.3, -0.25) is 10.3 Å². The Balaban J connectivity index is 3.15. The minimum atomic E-state index is -2.92. The lowest BCUT2D eigenvalue weighted by atomic mass is 10.1. The molecule has 1 unspecified atom stereocenters. The van der Waals surface area contributed by atoms with Crippen molar-refractivity contribution in [2.24, 2.45) is 0 Å². The van der Waals surface area contributed by atoms with Gasteiger partial charge >= 0.3 is 6.09 Å². The highest BCUT2D eigenvalue weighted by molar-refractivity contribution is 7.90. The number of carbonyl (C=O) groups is 1. The summed E-state index contributed by atoms with van der Waals surface area (Å²) in [5, 5.41) is 10.6. The maximum atomic E-state index is 13.3. The lowest BCUT2D eigenvalue weighted by molar-refractivity contribution is 0.149. The number of halogens is 2. The number of hydrogen-bond acceptors (Lipinski definition) is 4.